The fraction of sp³-hybridized carbons (Fsp3) is 0.312. The minimum Gasteiger partial charge on any atom is -0.490 e. The zero-order valence-electron chi connectivity index (χ0n) is 12.2. The molecule has 0 radical (unpaired) electrons. The van der Waals surface area contributed by atoms with Crippen molar-refractivity contribution in [3.63, 3.8) is 0 Å². The molecule has 0 N–H and O–H groups in total. The fourth-order valence-corrected chi connectivity index (χ4v) is 2.55. The van der Waals surface area contributed by atoms with Gasteiger partial charge in [-0.1, -0.05) is 6.07 Å². The summed E-state index contributed by atoms with van der Waals surface area (Å²) in [6.07, 6.45) is 4.12. The number of pyridine rings is 2. The van der Waals surface area contributed by atoms with Crippen LogP contribution in [0.3, 0.4) is 0 Å². The Bertz CT molecular complexity index is 668. The Morgan fingerprint density at radius 3 is 2.87 bits per heavy atom. The molecule has 0 saturated carbocycles. The lowest BCUT2D eigenvalue weighted by atomic mass is 10.2. The largest absolute Gasteiger partial charge is 0.490 e. The normalized spacial score (nSPS) is 19.6. The van der Waals surface area contributed by atoms with Gasteiger partial charge in [-0.2, -0.15) is 0 Å². The second-order valence-corrected chi connectivity index (χ2v) is 5.36. The zero-order valence-corrected chi connectivity index (χ0v) is 12.2. The Labute approximate surface area is 131 Å². The lowest BCUT2D eigenvalue weighted by Gasteiger charge is -2.23. The van der Waals surface area contributed by atoms with Crippen molar-refractivity contribution in [3.05, 3.63) is 54.6 Å². The van der Waals surface area contributed by atoms with Gasteiger partial charge in [-0.25, -0.2) is 8.78 Å². The molecule has 1 saturated heterocycles. The first kappa shape index (κ1) is 15.3. The Morgan fingerprint density at radius 1 is 1.30 bits per heavy atom. The van der Waals surface area contributed by atoms with Gasteiger partial charge in [-0.15, -0.1) is 0 Å². The number of carbonyl (C=O) groups excluding carboxylic acids is 1. The molecule has 2 aromatic heterocycles. The first-order chi connectivity index (χ1) is 11.1. The Hall–Kier alpha value is -2.57. The van der Waals surface area contributed by atoms with Crippen LogP contribution in [0.25, 0.3) is 0 Å². The van der Waals surface area contributed by atoms with Gasteiger partial charge in [0.15, 0.2) is 0 Å². The molecule has 0 bridgehead atoms. The van der Waals surface area contributed by atoms with E-state index < -0.39 is 30.8 Å². The van der Waals surface area contributed by atoms with Gasteiger partial charge in [0, 0.05) is 18.8 Å². The molecule has 1 aliphatic rings. The van der Waals surface area contributed by atoms with Crippen molar-refractivity contribution in [1.82, 2.24) is 14.9 Å². The number of likely N-dealkylation sites (tertiary alicyclic amines) is 1. The number of halogens is 2. The number of amides is 1. The fourth-order valence-electron chi connectivity index (χ4n) is 2.55. The Morgan fingerprint density at radius 2 is 2.17 bits per heavy atom. The molecule has 23 heavy (non-hydrogen) atoms. The third-order valence-corrected chi connectivity index (χ3v) is 3.60. The second-order valence-electron chi connectivity index (χ2n) is 5.36. The highest BCUT2D eigenvalue weighted by Gasteiger charge is 2.47. The van der Waals surface area contributed by atoms with E-state index in [2.05, 4.69) is 9.97 Å². The van der Waals surface area contributed by atoms with Crippen molar-refractivity contribution in [3.8, 4) is 5.75 Å². The van der Waals surface area contributed by atoms with Crippen LogP contribution in [-0.4, -0.2) is 45.9 Å². The average molecular weight is 319 g/mol. The predicted molar refractivity (Wildman–Crippen MR) is 78.4 cm³/mol. The molecule has 2 aromatic rings. The molecule has 0 aromatic carbocycles. The molecule has 1 fully saturated rings. The van der Waals surface area contributed by atoms with Crippen LogP contribution >= 0.6 is 0 Å². The summed E-state index contributed by atoms with van der Waals surface area (Å²) in [6, 6.07) is 7.49. The zero-order chi connectivity index (χ0) is 16.3. The predicted octanol–water partition coefficient (Wildman–Crippen LogP) is 2.41. The lowest BCUT2D eigenvalue weighted by molar-refractivity contribution is 0.0116. The molecular weight excluding hydrogens is 304 g/mol. The number of carbonyl (C=O) groups is 1. The maximum atomic E-state index is 13.8. The molecule has 5 nitrogen and oxygen atoms in total. The van der Waals surface area contributed by atoms with Crippen molar-refractivity contribution < 1.29 is 18.3 Å². The van der Waals surface area contributed by atoms with Crippen LogP contribution in [-0.2, 0) is 0 Å². The highest BCUT2D eigenvalue weighted by Crippen LogP contribution is 2.33. The first-order valence-corrected chi connectivity index (χ1v) is 7.18. The molecule has 1 aliphatic heterocycles. The van der Waals surface area contributed by atoms with Crippen LogP contribution < -0.4 is 4.74 Å². The van der Waals surface area contributed by atoms with Gasteiger partial charge in [0.25, 0.3) is 11.8 Å². The van der Waals surface area contributed by atoms with Gasteiger partial charge >= 0.3 is 0 Å². The van der Waals surface area contributed by atoms with E-state index in [1.54, 1.807) is 30.5 Å². The third kappa shape index (κ3) is 3.61. The number of ether oxygens (including phenoxy) is 1. The minimum atomic E-state index is -2.92. The van der Waals surface area contributed by atoms with E-state index >= 15 is 0 Å². The molecule has 1 atom stereocenters. The van der Waals surface area contributed by atoms with Crippen LogP contribution in [0.1, 0.15) is 16.9 Å². The number of rotatable bonds is 4. The van der Waals surface area contributed by atoms with E-state index in [4.69, 9.17) is 4.74 Å². The van der Waals surface area contributed by atoms with Crippen LogP contribution in [0.2, 0.25) is 0 Å². The van der Waals surface area contributed by atoms with Gasteiger partial charge < -0.3 is 9.64 Å². The van der Waals surface area contributed by atoms with Gasteiger partial charge in [-0.3, -0.25) is 14.8 Å². The van der Waals surface area contributed by atoms with Crippen molar-refractivity contribution in [2.24, 2.45) is 0 Å². The molecule has 0 spiro atoms. The van der Waals surface area contributed by atoms with Gasteiger partial charge in [0.05, 0.1) is 18.8 Å². The van der Waals surface area contributed by atoms with Crippen molar-refractivity contribution >= 4 is 5.91 Å². The summed E-state index contributed by atoms with van der Waals surface area (Å²) in [5.41, 5.74) is 0.150. The number of hydrogen-bond donors (Lipinski definition) is 0. The molecule has 120 valence electrons. The first-order valence-electron chi connectivity index (χ1n) is 7.18. The number of alkyl halides is 2. The highest BCUT2D eigenvalue weighted by atomic mass is 19.3. The number of aromatic nitrogens is 2. The van der Waals surface area contributed by atoms with Crippen molar-refractivity contribution in [2.45, 2.75) is 18.4 Å². The SMILES string of the molecule is O=C(c1ccccn1)N1CC(F)(F)C[C@H]1COc1cccnc1. The summed E-state index contributed by atoms with van der Waals surface area (Å²) < 4.78 is 33.0. The molecular formula is C16H15F2N3O2. The number of nitrogens with zero attached hydrogens (tertiary/aromatic N) is 3. The smallest absolute Gasteiger partial charge is 0.273 e. The van der Waals surface area contributed by atoms with Crippen LogP contribution in [0.5, 0.6) is 5.75 Å². The van der Waals surface area contributed by atoms with E-state index in [-0.39, 0.29) is 12.3 Å². The molecule has 0 aliphatic carbocycles. The van der Waals surface area contributed by atoms with Gasteiger partial charge in [-0.05, 0) is 24.3 Å². The van der Waals surface area contributed by atoms with Crippen molar-refractivity contribution in [1.29, 1.82) is 0 Å². The Kier molecular flexibility index (Phi) is 4.18. The summed E-state index contributed by atoms with van der Waals surface area (Å²) in [7, 11) is 0. The molecule has 3 rings (SSSR count). The van der Waals surface area contributed by atoms with Crippen molar-refractivity contribution in [2.75, 3.05) is 13.2 Å². The van der Waals surface area contributed by atoms with Crippen LogP contribution in [0.15, 0.2) is 48.9 Å². The van der Waals surface area contributed by atoms with Crippen LogP contribution in [0, 0.1) is 0 Å². The van der Waals surface area contributed by atoms with E-state index in [1.165, 1.54) is 18.5 Å². The van der Waals surface area contributed by atoms with Gasteiger partial charge in [0.1, 0.15) is 18.1 Å². The molecule has 3 heterocycles. The topological polar surface area (TPSA) is 55.3 Å². The maximum absolute atomic E-state index is 13.8. The second kappa shape index (κ2) is 6.28. The van der Waals surface area contributed by atoms with E-state index in [0.29, 0.717) is 5.75 Å². The van der Waals surface area contributed by atoms with Gasteiger partial charge in [0.2, 0.25) is 0 Å². The summed E-state index contributed by atoms with van der Waals surface area (Å²) in [5.74, 6) is -2.96. The van der Waals surface area contributed by atoms with E-state index in [9.17, 15) is 13.6 Å². The van der Waals surface area contributed by atoms with E-state index in [0.717, 1.165) is 4.90 Å². The summed E-state index contributed by atoms with van der Waals surface area (Å²) >= 11 is 0. The molecule has 0 unspecified atom stereocenters. The Balaban J connectivity index is 1.73. The number of hydrogen-bond acceptors (Lipinski definition) is 4. The van der Waals surface area contributed by atoms with E-state index in [1.807, 2.05) is 0 Å². The summed E-state index contributed by atoms with van der Waals surface area (Å²) in [4.78, 5) is 21.4. The average Bonchev–Trinajstić information content (AvgIpc) is 2.89. The van der Waals surface area contributed by atoms with Crippen LogP contribution in [0.4, 0.5) is 8.78 Å². The monoisotopic (exact) mass is 319 g/mol. The summed E-state index contributed by atoms with van der Waals surface area (Å²) in [6.45, 7) is -0.636. The maximum Gasteiger partial charge on any atom is 0.273 e. The summed E-state index contributed by atoms with van der Waals surface area (Å²) in [5, 5.41) is 0. The standard InChI is InChI=1S/C16H15F2N3O2/c17-16(18)8-12(10-23-13-4-3-6-19-9-13)21(11-16)15(22)14-5-1-2-7-20-14/h1-7,9,12H,8,10-11H2/t12-/m0/s1. The molecule has 7 heteroatoms. The highest BCUT2D eigenvalue weighted by molar-refractivity contribution is 5.92. The third-order valence-electron chi connectivity index (χ3n) is 3.60. The lowest BCUT2D eigenvalue weighted by Crippen LogP contribution is -2.39. The minimum absolute atomic E-state index is 0.0140. The quantitative estimate of drug-likeness (QED) is 0.868. The molecule has 1 amide bonds.